The van der Waals surface area contributed by atoms with E-state index in [4.69, 9.17) is 4.74 Å². The van der Waals surface area contributed by atoms with Crippen molar-refractivity contribution in [1.82, 2.24) is 4.98 Å². The molecule has 0 unspecified atom stereocenters. The standard InChI is InChI=1S/C13H14N2O2S/c1-10-3-5-11(6-4-10)17-9-12(16)15(2)13-14-7-8-18-13/h3-8H,9H2,1-2H3. The van der Waals surface area contributed by atoms with E-state index in [9.17, 15) is 4.79 Å². The van der Waals surface area contributed by atoms with Crippen LogP contribution >= 0.6 is 11.3 Å². The molecule has 0 radical (unpaired) electrons. The summed E-state index contributed by atoms with van der Waals surface area (Å²) in [4.78, 5) is 17.4. The van der Waals surface area contributed by atoms with Gasteiger partial charge < -0.3 is 4.74 Å². The molecule has 1 heterocycles. The largest absolute Gasteiger partial charge is 0.484 e. The Morgan fingerprint density at radius 3 is 2.72 bits per heavy atom. The zero-order valence-electron chi connectivity index (χ0n) is 10.3. The number of anilines is 1. The molecule has 94 valence electrons. The van der Waals surface area contributed by atoms with Crippen LogP contribution in [-0.2, 0) is 4.79 Å². The zero-order chi connectivity index (χ0) is 13.0. The van der Waals surface area contributed by atoms with Crippen LogP contribution in [0.5, 0.6) is 5.75 Å². The van der Waals surface area contributed by atoms with E-state index in [1.54, 1.807) is 13.2 Å². The van der Waals surface area contributed by atoms with Gasteiger partial charge in [0.1, 0.15) is 5.75 Å². The monoisotopic (exact) mass is 262 g/mol. The molecule has 1 aromatic heterocycles. The quantitative estimate of drug-likeness (QED) is 0.850. The molecule has 0 saturated heterocycles. The fourth-order valence-electron chi connectivity index (χ4n) is 1.36. The average Bonchev–Trinajstić information content (AvgIpc) is 2.90. The first-order valence-electron chi connectivity index (χ1n) is 5.52. The summed E-state index contributed by atoms with van der Waals surface area (Å²) in [6.45, 7) is 2.02. The van der Waals surface area contributed by atoms with E-state index in [1.165, 1.54) is 16.2 Å². The van der Waals surface area contributed by atoms with Gasteiger partial charge in [0.2, 0.25) is 0 Å². The number of aromatic nitrogens is 1. The first-order chi connectivity index (χ1) is 8.66. The molecule has 0 aliphatic rings. The molecule has 0 spiro atoms. The smallest absolute Gasteiger partial charge is 0.266 e. The Morgan fingerprint density at radius 2 is 2.11 bits per heavy atom. The number of rotatable bonds is 4. The van der Waals surface area contributed by atoms with Crippen LogP contribution in [0.1, 0.15) is 5.56 Å². The van der Waals surface area contributed by atoms with Gasteiger partial charge in [-0.1, -0.05) is 17.7 Å². The first-order valence-corrected chi connectivity index (χ1v) is 6.40. The number of aryl methyl sites for hydroxylation is 1. The second kappa shape index (κ2) is 5.64. The Kier molecular flexibility index (Phi) is 3.94. The fourth-order valence-corrected chi connectivity index (χ4v) is 1.99. The Hall–Kier alpha value is -1.88. The predicted molar refractivity (Wildman–Crippen MR) is 72.2 cm³/mol. The third-order valence-corrected chi connectivity index (χ3v) is 3.31. The number of carbonyl (C=O) groups is 1. The molecule has 2 aromatic rings. The van der Waals surface area contributed by atoms with E-state index < -0.39 is 0 Å². The molecule has 18 heavy (non-hydrogen) atoms. The highest BCUT2D eigenvalue weighted by Crippen LogP contribution is 2.16. The maximum Gasteiger partial charge on any atom is 0.266 e. The molecule has 4 nitrogen and oxygen atoms in total. The van der Waals surface area contributed by atoms with Crippen LogP contribution < -0.4 is 9.64 Å². The number of carbonyl (C=O) groups excluding carboxylic acids is 1. The Bertz CT molecular complexity index is 508. The summed E-state index contributed by atoms with van der Waals surface area (Å²) in [6.07, 6.45) is 1.67. The second-order valence-electron chi connectivity index (χ2n) is 3.87. The summed E-state index contributed by atoms with van der Waals surface area (Å²) in [6, 6.07) is 7.60. The van der Waals surface area contributed by atoms with Gasteiger partial charge in [-0.3, -0.25) is 9.69 Å². The minimum Gasteiger partial charge on any atom is -0.484 e. The molecular weight excluding hydrogens is 248 g/mol. The van der Waals surface area contributed by atoms with E-state index >= 15 is 0 Å². The molecule has 0 fully saturated rings. The summed E-state index contributed by atoms with van der Waals surface area (Å²) >= 11 is 1.42. The number of nitrogens with zero attached hydrogens (tertiary/aromatic N) is 2. The van der Waals surface area contributed by atoms with Crippen molar-refractivity contribution in [2.45, 2.75) is 6.92 Å². The third kappa shape index (κ3) is 3.07. The van der Waals surface area contributed by atoms with Crippen molar-refractivity contribution in [2.75, 3.05) is 18.6 Å². The Labute approximate surface area is 110 Å². The lowest BCUT2D eigenvalue weighted by molar-refractivity contribution is -0.120. The van der Waals surface area contributed by atoms with Crippen molar-refractivity contribution >= 4 is 22.4 Å². The van der Waals surface area contributed by atoms with Crippen LogP contribution in [0, 0.1) is 6.92 Å². The molecule has 1 amide bonds. The van der Waals surface area contributed by atoms with Gasteiger partial charge in [0.25, 0.3) is 5.91 Å². The van der Waals surface area contributed by atoms with Gasteiger partial charge in [-0.05, 0) is 19.1 Å². The topological polar surface area (TPSA) is 42.4 Å². The van der Waals surface area contributed by atoms with E-state index in [-0.39, 0.29) is 12.5 Å². The third-order valence-electron chi connectivity index (χ3n) is 2.46. The normalized spacial score (nSPS) is 10.1. The van der Waals surface area contributed by atoms with Crippen LogP contribution in [0.3, 0.4) is 0 Å². The summed E-state index contributed by atoms with van der Waals surface area (Å²) < 4.78 is 5.43. The van der Waals surface area contributed by atoms with E-state index in [2.05, 4.69) is 4.98 Å². The number of ether oxygens (including phenoxy) is 1. The van der Waals surface area contributed by atoms with Crippen molar-refractivity contribution in [3.63, 3.8) is 0 Å². The summed E-state index contributed by atoms with van der Waals surface area (Å²) in [5.41, 5.74) is 1.16. The number of hydrogen-bond acceptors (Lipinski definition) is 4. The van der Waals surface area contributed by atoms with Gasteiger partial charge in [0.15, 0.2) is 11.7 Å². The lowest BCUT2D eigenvalue weighted by Crippen LogP contribution is -2.31. The van der Waals surface area contributed by atoms with Crippen molar-refractivity contribution in [3.8, 4) is 5.75 Å². The summed E-state index contributed by atoms with van der Waals surface area (Å²) in [5, 5.41) is 2.51. The van der Waals surface area contributed by atoms with E-state index in [1.807, 2.05) is 36.6 Å². The maximum absolute atomic E-state index is 11.8. The molecule has 1 aromatic carbocycles. The highest BCUT2D eigenvalue weighted by Gasteiger charge is 2.13. The number of thiazole rings is 1. The SMILES string of the molecule is Cc1ccc(OCC(=O)N(C)c2nccs2)cc1. The van der Waals surface area contributed by atoms with Crippen molar-refractivity contribution in [1.29, 1.82) is 0 Å². The molecule has 2 rings (SSSR count). The summed E-state index contributed by atoms with van der Waals surface area (Å²) in [7, 11) is 1.69. The Morgan fingerprint density at radius 1 is 1.39 bits per heavy atom. The highest BCUT2D eigenvalue weighted by molar-refractivity contribution is 7.13. The molecule has 0 N–H and O–H groups in total. The first kappa shape index (κ1) is 12.6. The molecule has 5 heteroatoms. The fraction of sp³-hybridized carbons (Fsp3) is 0.231. The molecule has 0 aliphatic carbocycles. The van der Waals surface area contributed by atoms with Gasteiger partial charge >= 0.3 is 0 Å². The van der Waals surface area contributed by atoms with Crippen molar-refractivity contribution in [3.05, 3.63) is 41.4 Å². The van der Waals surface area contributed by atoms with Gasteiger partial charge in [-0.25, -0.2) is 4.98 Å². The molecule has 0 bridgehead atoms. The highest BCUT2D eigenvalue weighted by atomic mass is 32.1. The van der Waals surface area contributed by atoms with Gasteiger partial charge in [0.05, 0.1) is 0 Å². The van der Waals surface area contributed by atoms with E-state index in [0.717, 1.165) is 5.56 Å². The average molecular weight is 262 g/mol. The minimum absolute atomic E-state index is 0.0130. The maximum atomic E-state index is 11.8. The molecule has 0 atom stereocenters. The number of benzene rings is 1. The number of amides is 1. The van der Waals surface area contributed by atoms with Crippen LogP contribution in [0.4, 0.5) is 5.13 Å². The molecule has 0 aliphatic heterocycles. The zero-order valence-corrected chi connectivity index (χ0v) is 11.1. The van der Waals surface area contributed by atoms with Gasteiger partial charge in [-0.2, -0.15) is 0 Å². The molecule has 0 saturated carbocycles. The van der Waals surface area contributed by atoms with Gasteiger partial charge in [-0.15, -0.1) is 11.3 Å². The minimum atomic E-state index is -0.120. The second-order valence-corrected chi connectivity index (χ2v) is 4.74. The Balaban J connectivity index is 1.90. The van der Waals surface area contributed by atoms with Gasteiger partial charge in [0, 0.05) is 18.6 Å². The van der Waals surface area contributed by atoms with Crippen molar-refractivity contribution in [2.24, 2.45) is 0 Å². The van der Waals surface area contributed by atoms with Crippen LogP contribution in [0.2, 0.25) is 0 Å². The lowest BCUT2D eigenvalue weighted by atomic mass is 10.2. The van der Waals surface area contributed by atoms with E-state index in [0.29, 0.717) is 10.9 Å². The van der Waals surface area contributed by atoms with Crippen LogP contribution in [0.15, 0.2) is 35.8 Å². The van der Waals surface area contributed by atoms with Crippen molar-refractivity contribution < 1.29 is 9.53 Å². The number of hydrogen-bond donors (Lipinski definition) is 0. The number of likely N-dealkylation sites (N-methyl/N-ethyl adjacent to an activating group) is 1. The lowest BCUT2D eigenvalue weighted by Gasteiger charge is -2.14. The van der Waals surface area contributed by atoms with Crippen LogP contribution in [-0.4, -0.2) is 24.5 Å². The van der Waals surface area contributed by atoms with Crippen LogP contribution in [0.25, 0.3) is 0 Å². The molecular formula is C13H14N2O2S. The summed E-state index contributed by atoms with van der Waals surface area (Å²) in [5.74, 6) is 0.576. The predicted octanol–water partition coefficient (Wildman–Crippen LogP) is 2.49.